The highest BCUT2D eigenvalue weighted by atomic mass is 16.3. The number of hydrogen-bond donors (Lipinski definition) is 1. The van der Waals surface area contributed by atoms with Crippen molar-refractivity contribution in [2.45, 2.75) is 45.2 Å². The number of aryl methyl sites for hydroxylation is 2. The van der Waals surface area contributed by atoms with Gasteiger partial charge < -0.3 is 5.32 Å². The van der Waals surface area contributed by atoms with E-state index in [2.05, 4.69) is 58.8 Å². The summed E-state index contributed by atoms with van der Waals surface area (Å²) >= 11 is 0. The average Bonchev–Trinajstić information content (AvgIpc) is 3.03. The number of nitrogens with zero attached hydrogens (tertiary/aromatic N) is 2. The van der Waals surface area contributed by atoms with E-state index in [0.717, 1.165) is 33.5 Å². The summed E-state index contributed by atoms with van der Waals surface area (Å²) in [6, 6.07) is 37.7. The molecule has 0 saturated carbocycles. The Hall–Kier alpha value is -4.90. The average molecular weight is 554 g/mol. The molecule has 5 heteroatoms. The van der Waals surface area contributed by atoms with Crippen LogP contribution in [0.2, 0.25) is 0 Å². The van der Waals surface area contributed by atoms with Crippen molar-refractivity contribution < 1.29 is 4.79 Å². The van der Waals surface area contributed by atoms with Gasteiger partial charge in [0.1, 0.15) is 6.04 Å². The molecule has 0 fully saturated rings. The van der Waals surface area contributed by atoms with Crippen molar-refractivity contribution in [3.8, 4) is 11.1 Å². The lowest BCUT2D eigenvalue weighted by atomic mass is 9.82. The van der Waals surface area contributed by atoms with Gasteiger partial charge in [0.05, 0.1) is 6.04 Å². The molecule has 3 unspecified atom stereocenters. The third-order valence-electron chi connectivity index (χ3n) is 7.90. The van der Waals surface area contributed by atoms with Crippen molar-refractivity contribution in [3.63, 3.8) is 0 Å². The molecule has 0 aliphatic rings. The van der Waals surface area contributed by atoms with Gasteiger partial charge in [0.25, 0.3) is 5.91 Å². The summed E-state index contributed by atoms with van der Waals surface area (Å²) < 4.78 is 0. The minimum atomic E-state index is -0.487. The molecular formula is C37H35N3O2. The molecule has 5 aromatic rings. The maximum Gasteiger partial charge on any atom is 0.251 e. The second-order valence-electron chi connectivity index (χ2n) is 10.8. The summed E-state index contributed by atoms with van der Waals surface area (Å²) in [4.78, 5) is 29.2. The quantitative estimate of drug-likeness (QED) is 0.176. The molecule has 0 aliphatic carbocycles. The number of nitroso groups, excluding NO2 is 1. The van der Waals surface area contributed by atoms with Gasteiger partial charge >= 0.3 is 0 Å². The van der Waals surface area contributed by atoms with Crippen LogP contribution in [0.25, 0.3) is 11.1 Å². The van der Waals surface area contributed by atoms with E-state index >= 15 is 0 Å². The van der Waals surface area contributed by atoms with E-state index in [9.17, 15) is 9.70 Å². The molecule has 42 heavy (non-hydrogen) atoms. The first-order chi connectivity index (χ1) is 20.4. The Balaban J connectivity index is 1.36. The first kappa shape index (κ1) is 28.6. The predicted octanol–water partition coefficient (Wildman–Crippen LogP) is 8.89. The smallest absolute Gasteiger partial charge is 0.251 e. The van der Waals surface area contributed by atoms with E-state index in [1.807, 2.05) is 92.7 Å². The van der Waals surface area contributed by atoms with E-state index in [1.165, 1.54) is 11.1 Å². The highest BCUT2D eigenvalue weighted by Gasteiger charge is 2.23. The van der Waals surface area contributed by atoms with Crippen LogP contribution in [0.4, 0.5) is 0 Å². The van der Waals surface area contributed by atoms with E-state index in [4.69, 9.17) is 0 Å². The van der Waals surface area contributed by atoms with E-state index in [1.54, 1.807) is 6.20 Å². The largest absolute Gasteiger partial charge is 0.346 e. The number of pyridine rings is 1. The Labute approximate surface area is 247 Å². The second-order valence-corrected chi connectivity index (χ2v) is 10.8. The molecule has 1 N–H and O–H groups in total. The van der Waals surface area contributed by atoms with E-state index in [-0.39, 0.29) is 17.9 Å². The van der Waals surface area contributed by atoms with Crippen molar-refractivity contribution in [3.05, 3.63) is 165 Å². The fourth-order valence-corrected chi connectivity index (χ4v) is 5.49. The zero-order valence-corrected chi connectivity index (χ0v) is 24.2. The summed E-state index contributed by atoms with van der Waals surface area (Å²) in [7, 11) is 0. The lowest BCUT2D eigenvalue weighted by Gasteiger charge is -2.23. The molecule has 0 spiro atoms. The molecular weight excluding hydrogens is 518 g/mol. The van der Waals surface area contributed by atoms with Gasteiger partial charge in [0, 0.05) is 23.4 Å². The van der Waals surface area contributed by atoms with Gasteiger partial charge in [-0.05, 0) is 90.4 Å². The molecule has 1 aromatic heterocycles. The molecule has 4 aromatic carbocycles. The maximum atomic E-state index is 12.8. The zero-order chi connectivity index (χ0) is 29.5. The molecule has 0 bridgehead atoms. The predicted molar refractivity (Wildman–Crippen MR) is 169 cm³/mol. The van der Waals surface area contributed by atoms with Crippen molar-refractivity contribution in [2.24, 2.45) is 5.18 Å². The zero-order valence-electron chi connectivity index (χ0n) is 24.2. The van der Waals surface area contributed by atoms with Crippen LogP contribution in [0.15, 0.2) is 127 Å². The van der Waals surface area contributed by atoms with Crippen LogP contribution in [0.5, 0.6) is 0 Å². The number of rotatable bonds is 10. The standard InChI is InChI=1S/C37H35N3O2/c1-25-9-7-8-12-34(25)35(24-36(40-42)33-21-22-38-26(2)23-33)31-17-13-29(14-18-31)30-15-19-32(20-16-30)37(41)39-27(3)28-10-5-4-6-11-28/h4-23,27,35-36H,24H2,1-3H3,(H,39,41). The number of hydrogen-bond acceptors (Lipinski definition) is 4. The SMILES string of the molecule is Cc1cc(C(CC(c2ccc(-c3ccc(C(=O)NC(C)c4ccccc4)cc3)cc2)c2ccccc2C)N=O)ccn1. The van der Waals surface area contributed by atoms with Crippen LogP contribution in [-0.4, -0.2) is 10.9 Å². The molecule has 210 valence electrons. The molecule has 0 saturated heterocycles. The van der Waals surface area contributed by atoms with Crippen LogP contribution >= 0.6 is 0 Å². The van der Waals surface area contributed by atoms with Crippen LogP contribution in [0, 0.1) is 18.8 Å². The molecule has 5 rings (SSSR count). The van der Waals surface area contributed by atoms with Crippen molar-refractivity contribution >= 4 is 5.91 Å². The maximum absolute atomic E-state index is 12.8. The Kier molecular flexibility index (Phi) is 8.98. The van der Waals surface area contributed by atoms with E-state index < -0.39 is 6.04 Å². The lowest BCUT2D eigenvalue weighted by molar-refractivity contribution is 0.0940. The third-order valence-corrected chi connectivity index (χ3v) is 7.90. The molecule has 3 atom stereocenters. The van der Waals surface area contributed by atoms with Gasteiger partial charge in [0.2, 0.25) is 0 Å². The molecule has 1 amide bonds. The normalized spacial score (nSPS) is 13.1. The summed E-state index contributed by atoms with van der Waals surface area (Å²) in [6.07, 6.45) is 2.29. The fourth-order valence-electron chi connectivity index (χ4n) is 5.49. The Morgan fingerprint density at radius 3 is 2.05 bits per heavy atom. The Morgan fingerprint density at radius 1 is 0.762 bits per heavy atom. The first-order valence-electron chi connectivity index (χ1n) is 14.3. The number of benzene rings is 4. The topological polar surface area (TPSA) is 71.4 Å². The summed E-state index contributed by atoms with van der Waals surface area (Å²) in [6.45, 7) is 6.01. The number of carbonyl (C=O) groups is 1. The monoisotopic (exact) mass is 553 g/mol. The van der Waals surface area contributed by atoms with Crippen LogP contribution < -0.4 is 5.32 Å². The van der Waals surface area contributed by atoms with E-state index in [0.29, 0.717) is 12.0 Å². The van der Waals surface area contributed by atoms with Gasteiger partial charge in [-0.15, -0.1) is 0 Å². The molecule has 1 heterocycles. The fraction of sp³-hybridized carbons (Fsp3) is 0.189. The Morgan fingerprint density at radius 2 is 1.40 bits per heavy atom. The Bertz CT molecular complexity index is 1650. The van der Waals surface area contributed by atoms with Gasteiger partial charge in [-0.3, -0.25) is 9.78 Å². The number of nitrogens with one attached hydrogen (secondary N) is 1. The number of aromatic nitrogens is 1. The third kappa shape index (κ3) is 6.69. The number of amides is 1. The molecule has 0 radical (unpaired) electrons. The van der Waals surface area contributed by atoms with Gasteiger partial charge in [0.15, 0.2) is 0 Å². The minimum Gasteiger partial charge on any atom is -0.346 e. The summed E-state index contributed by atoms with van der Waals surface area (Å²) in [5.74, 6) is -0.105. The van der Waals surface area contributed by atoms with Crippen LogP contribution in [0.3, 0.4) is 0 Å². The number of carbonyl (C=O) groups excluding carboxylic acids is 1. The van der Waals surface area contributed by atoms with Gasteiger partial charge in [-0.2, -0.15) is 4.91 Å². The minimum absolute atomic E-state index is 0.00547. The first-order valence-corrected chi connectivity index (χ1v) is 14.3. The van der Waals surface area contributed by atoms with Crippen LogP contribution in [0.1, 0.15) is 75.2 Å². The highest BCUT2D eigenvalue weighted by molar-refractivity contribution is 5.95. The summed E-state index contributed by atoms with van der Waals surface area (Å²) in [5.41, 5.74) is 9.01. The molecule has 5 nitrogen and oxygen atoms in total. The van der Waals surface area contributed by atoms with Crippen molar-refractivity contribution in [1.82, 2.24) is 10.3 Å². The second kappa shape index (κ2) is 13.2. The molecule has 0 aliphatic heterocycles. The van der Waals surface area contributed by atoms with Crippen molar-refractivity contribution in [1.29, 1.82) is 0 Å². The lowest BCUT2D eigenvalue weighted by Crippen LogP contribution is -2.26. The van der Waals surface area contributed by atoms with Gasteiger partial charge in [-0.1, -0.05) is 96.2 Å². The van der Waals surface area contributed by atoms with Crippen molar-refractivity contribution in [2.75, 3.05) is 0 Å². The highest BCUT2D eigenvalue weighted by Crippen LogP contribution is 2.38. The van der Waals surface area contributed by atoms with Gasteiger partial charge in [-0.25, -0.2) is 0 Å². The van der Waals surface area contributed by atoms with Crippen LogP contribution in [-0.2, 0) is 0 Å². The summed E-state index contributed by atoms with van der Waals surface area (Å²) in [5, 5.41) is 6.61.